The number of nitrogens with zero attached hydrogens (tertiary/aromatic N) is 5. The van der Waals surface area contributed by atoms with Gasteiger partial charge in [-0.25, -0.2) is 4.99 Å². The number of halogens is 1. The highest BCUT2D eigenvalue weighted by Gasteiger charge is 2.17. The first-order valence-electron chi connectivity index (χ1n) is 11.4. The Balaban J connectivity index is 0.00000272. The van der Waals surface area contributed by atoms with Gasteiger partial charge in [0.25, 0.3) is 0 Å². The van der Waals surface area contributed by atoms with Gasteiger partial charge < -0.3 is 15.2 Å². The summed E-state index contributed by atoms with van der Waals surface area (Å²) >= 11 is 0. The third kappa shape index (κ3) is 6.90. The predicted octanol–water partition coefficient (Wildman–Crippen LogP) is 3.52. The third-order valence-electron chi connectivity index (χ3n) is 6.34. The number of likely N-dealkylation sites (tertiary alicyclic amines) is 1. The fourth-order valence-electron chi connectivity index (χ4n) is 4.30. The molecule has 170 valence electrons. The monoisotopic (exact) mass is 537 g/mol. The van der Waals surface area contributed by atoms with Gasteiger partial charge in [-0.15, -0.1) is 34.2 Å². The number of benzene rings is 1. The minimum absolute atomic E-state index is 0. The number of hydrogen-bond acceptors (Lipinski definition) is 4. The predicted molar refractivity (Wildman–Crippen MR) is 135 cm³/mol. The van der Waals surface area contributed by atoms with Crippen molar-refractivity contribution in [3.8, 4) is 0 Å². The molecule has 2 heterocycles. The van der Waals surface area contributed by atoms with E-state index in [0.29, 0.717) is 19.1 Å². The van der Waals surface area contributed by atoms with Gasteiger partial charge in [-0.3, -0.25) is 4.90 Å². The highest BCUT2D eigenvalue weighted by atomic mass is 127. The van der Waals surface area contributed by atoms with E-state index in [2.05, 4.69) is 50.0 Å². The molecule has 0 atom stereocenters. The molecule has 1 aromatic carbocycles. The van der Waals surface area contributed by atoms with E-state index in [4.69, 9.17) is 4.99 Å². The Hall–Kier alpha value is -1.68. The van der Waals surface area contributed by atoms with Crippen molar-refractivity contribution in [2.75, 3.05) is 13.1 Å². The summed E-state index contributed by atoms with van der Waals surface area (Å²) in [7, 11) is 2.00. The average Bonchev–Trinajstić information content (AvgIpc) is 3.51. The molecule has 1 aliphatic heterocycles. The summed E-state index contributed by atoms with van der Waals surface area (Å²) in [6, 6.07) is 9.45. The second-order valence-corrected chi connectivity index (χ2v) is 8.67. The van der Waals surface area contributed by atoms with Gasteiger partial charge in [-0.2, -0.15) is 0 Å². The Morgan fingerprint density at radius 3 is 2.35 bits per heavy atom. The number of nitrogens with one attached hydrogen (secondary N) is 2. The Kier molecular flexibility index (Phi) is 9.13. The van der Waals surface area contributed by atoms with E-state index in [-0.39, 0.29) is 24.0 Å². The second-order valence-electron chi connectivity index (χ2n) is 8.67. The van der Waals surface area contributed by atoms with Crippen molar-refractivity contribution < 1.29 is 0 Å². The summed E-state index contributed by atoms with van der Waals surface area (Å²) < 4.78 is 2.01. The van der Waals surface area contributed by atoms with Crippen LogP contribution in [-0.2, 0) is 26.7 Å². The Morgan fingerprint density at radius 2 is 1.71 bits per heavy atom. The van der Waals surface area contributed by atoms with Crippen LogP contribution in [0.1, 0.15) is 61.3 Å². The van der Waals surface area contributed by atoms with Crippen LogP contribution in [0.3, 0.4) is 0 Å². The molecule has 1 saturated carbocycles. The molecule has 0 amide bonds. The van der Waals surface area contributed by atoms with Crippen molar-refractivity contribution >= 4 is 29.9 Å². The lowest BCUT2D eigenvalue weighted by Gasteiger charge is -2.17. The van der Waals surface area contributed by atoms with Crippen LogP contribution < -0.4 is 10.6 Å². The number of guanidine groups is 1. The normalized spacial score (nSPS) is 17.7. The molecule has 2 aliphatic rings. The third-order valence-corrected chi connectivity index (χ3v) is 6.34. The minimum Gasteiger partial charge on any atom is -0.354 e. The molecular weight excluding hydrogens is 501 g/mol. The first-order chi connectivity index (χ1) is 14.7. The molecule has 0 radical (unpaired) electrons. The Morgan fingerprint density at radius 1 is 1.03 bits per heavy atom. The highest BCUT2D eigenvalue weighted by Crippen LogP contribution is 2.18. The van der Waals surface area contributed by atoms with Crippen LogP contribution in [0.2, 0.25) is 0 Å². The van der Waals surface area contributed by atoms with E-state index in [1.807, 2.05) is 18.5 Å². The molecule has 4 rings (SSSR count). The Bertz CT molecular complexity index is 834. The van der Waals surface area contributed by atoms with E-state index in [1.54, 1.807) is 0 Å². The fraction of sp³-hybridized carbons (Fsp3) is 0.609. The van der Waals surface area contributed by atoms with Gasteiger partial charge in [-0.1, -0.05) is 37.1 Å². The summed E-state index contributed by atoms with van der Waals surface area (Å²) in [4.78, 5) is 7.41. The second kappa shape index (κ2) is 11.8. The lowest BCUT2D eigenvalue weighted by atomic mass is 10.1. The minimum atomic E-state index is 0. The maximum Gasteiger partial charge on any atom is 0.192 e. The zero-order chi connectivity index (χ0) is 20.8. The summed E-state index contributed by atoms with van der Waals surface area (Å²) in [6.45, 7) is 6.79. The van der Waals surface area contributed by atoms with E-state index in [1.165, 1.54) is 62.7 Å². The fourth-order valence-corrected chi connectivity index (χ4v) is 4.30. The van der Waals surface area contributed by atoms with Crippen LogP contribution in [0.25, 0.3) is 0 Å². The Labute approximate surface area is 203 Å². The molecule has 0 unspecified atom stereocenters. The number of aryl methyl sites for hydroxylation is 1. The highest BCUT2D eigenvalue weighted by molar-refractivity contribution is 14.0. The van der Waals surface area contributed by atoms with Crippen LogP contribution in [-0.4, -0.2) is 44.8 Å². The van der Waals surface area contributed by atoms with Gasteiger partial charge in [0.15, 0.2) is 11.8 Å². The molecule has 1 aromatic heterocycles. The zero-order valence-electron chi connectivity index (χ0n) is 18.8. The van der Waals surface area contributed by atoms with Crippen molar-refractivity contribution in [3.05, 3.63) is 47.0 Å². The number of hydrogen-bond donors (Lipinski definition) is 2. The molecule has 2 aromatic rings. The number of aromatic nitrogens is 3. The van der Waals surface area contributed by atoms with E-state index >= 15 is 0 Å². The SMILES string of the molecule is Cc1nnc(CNC(=NCc2ccc(CN3CCCC3)cc2)NC2CCCC2)n1C.I. The molecule has 8 heteroatoms. The van der Waals surface area contributed by atoms with Crippen LogP contribution in [0.5, 0.6) is 0 Å². The summed E-state index contributed by atoms with van der Waals surface area (Å²) in [6.07, 6.45) is 7.71. The topological polar surface area (TPSA) is 70.4 Å². The molecule has 7 nitrogen and oxygen atoms in total. The standard InChI is InChI=1S/C23H35N7.HI/c1-18-27-28-22(29(18)2)16-25-23(26-21-7-3-4-8-21)24-15-19-9-11-20(12-10-19)17-30-13-5-6-14-30;/h9-12,21H,3-8,13-17H2,1-2H3,(H2,24,25,26);1H. The molecule has 31 heavy (non-hydrogen) atoms. The lowest BCUT2D eigenvalue weighted by Crippen LogP contribution is -2.42. The summed E-state index contributed by atoms with van der Waals surface area (Å²) in [5, 5.41) is 15.5. The van der Waals surface area contributed by atoms with Gasteiger partial charge in [0, 0.05) is 19.6 Å². The molecule has 0 bridgehead atoms. The lowest BCUT2D eigenvalue weighted by molar-refractivity contribution is 0.331. The molecule has 1 aliphatic carbocycles. The molecule has 2 N–H and O–H groups in total. The largest absolute Gasteiger partial charge is 0.354 e. The van der Waals surface area contributed by atoms with Crippen LogP contribution >= 0.6 is 24.0 Å². The van der Waals surface area contributed by atoms with E-state index < -0.39 is 0 Å². The van der Waals surface area contributed by atoms with Gasteiger partial charge in [0.05, 0.1) is 13.1 Å². The van der Waals surface area contributed by atoms with Crippen molar-refractivity contribution in [1.29, 1.82) is 0 Å². The first kappa shape index (κ1) is 24.0. The van der Waals surface area contributed by atoms with Crippen molar-refractivity contribution in [1.82, 2.24) is 30.3 Å². The van der Waals surface area contributed by atoms with E-state index in [0.717, 1.165) is 24.2 Å². The maximum atomic E-state index is 4.87. The first-order valence-corrected chi connectivity index (χ1v) is 11.4. The van der Waals surface area contributed by atoms with Crippen molar-refractivity contribution in [3.63, 3.8) is 0 Å². The van der Waals surface area contributed by atoms with Gasteiger partial charge in [0.2, 0.25) is 0 Å². The zero-order valence-corrected chi connectivity index (χ0v) is 21.1. The molecule has 2 fully saturated rings. The molecular formula is C23H36IN7. The summed E-state index contributed by atoms with van der Waals surface area (Å²) in [5.74, 6) is 2.70. The van der Waals surface area contributed by atoms with Crippen LogP contribution in [0.4, 0.5) is 0 Å². The van der Waals surface area contributed by atoms with Crippen molar-refractivity contribution in [2.24, 2.45) is 12.0 Å². The maximum absolute atomic E-state index is 4.87. The quantitative estimate of drug-likeness (QED) is 0.322. The van der Waals surface area contributed by atoms with Gasteiger partial charge in [-0.05, 0) is 56.8 Å². The van der Waals surface area contributed by atoms with Crippen molar-refractivity contribution in [2.45, 2.75) is 71.1 Å². The smallest absolute Gasteiger partial charge is 0.192 e. The van der Waals surface area contributed by atoms with Crippen LogP contribution in [0.15, 0.2) is 29.3 Å². The average molecular weight is 537 g/mol. The molecule has 1 saturated heterocycles. The van der Waals surface area contributed by atoms with Crippen LogP contribution in [0, 0.1) is 6.92 Å². The van der Waals surface area contributed by atoms with E-state index in [9.17, 15) is 0 Å². The summed E-state index contributed by atoms with van der Waals surface area (Å²) in [5.41, 5.74) is 2.63. The molecule has 0 spiro atoms. The van der Waals surface area contributed by atoms with Gasteiger partial charge in [0.1, 0.15) is 5.82 Å². The number of rotatable bonds is 7. The van der Waals surface area contributed by atoms with Gasteiger partial charge >= 0.3 is 0 Å². The number of aliphatic imine (C=N–C) groups is 1.